The number of amides is 1. The van der Waals surface area contributed by atoms with Crippen molar-refractivity contribution >= 4 is 26.6 Å². The van der Waals surface area contributed by atoms with Crippen molar-refractivity contribution < 1.29 is 23.2 Å². The van der Waals surface area contributed by atoms with E-state index in [1.807, 2.05) is 24.3 Å². The number of hydrogen-bond donors (Lipinski definition) is 2. The van der Waals surface area contributed by atoms with Gasteiger partial charge in [-0.25, -0.2) is 18.9 Å². The number of carbonyl (C=O) groups excluding carboxylic acids is 1. The summed E-state index contributed by atoms with van der Waals surface area (Å²) in [5, 5.41) is 9.29. The van der Waals surface area contributed by atoms with Gasteiger partial charge in [0.05, 0.1) is 24.3 Å². The number of benzene rings is 2. The minimum Gasteiger partial charge on any atom is -0.497 e. The second-order valence-electron chi connectivity index (χ2n) is 7.40. The van der Waals surface area contributed by atoms with Gasteiger partial charge in [0.1, 0.15) is 5.75 Å². The molecule has 10 heteroatoms. The summed E-state index contributed by atoms with van der Waals surface area (Å²) < 4.78 is 28.7. The fourth-order valence-electron chi connectivity index (χ4n) is 3.20. The van der Waals surface area contributed by atoms with Crippen LogP contribution in [-0.4, -0.2) is 47.2 Å². The number of ether oxygens (including phenoxy) is 1. The summed E-state index contributed by atoms with van der Waals surface area (Å²) in [5.41, 5.74) is 3.35. The van der Waals surface area contributed by atoms with Gasteiger partial charge in [-0.1, -0.05) is 18.2 Å². The molecule has 1 amide bonds. The van der Waals surface area contributed by atoms with E-state index in [2.05, 4.69) is 4.98 Å². The summed E-state index contributed by atoms with van der Waals surface area (Å²) in [6.45, 7) is 1.13. The normalized spacial score (nSPS) is 13.5. The minimum atomic E-state index is -3.86. The monoisotopic (exact) mass is 445 g/mol. The van der Waals surface area contributed by atoms with Crippen molar-refractivity contribution in [3.63, 3.8) is 0 Å². The third-order valence-electron chi connectivity index (χ3n) is 5.48. The molecule has 0 spiro atoms. The van der Waals surface area contributed by atoms with Crippen LogP contribution in [0.25, 0.3) is 22.0 Å². The Bertz CT molecular complexity index is 1280. The van der Waals surface area contributed by atoms with E-state index in [1.54, 1.807) is 25.3 Å². The highest BCUT2D eigenvalue weighted by Gasteiger charge is 2.43. The van der Waals surface area contributed by atoms with Crippen molar-refractivity contribution in [2.24, 2.45) is 0 Å². The van der Waals surface area contributed by atoms with Crippen LogP contribution in [0.2, 0.25) is 0 Å². The fourth-order valence-corrected chi connectivity index (χ4v) is 4.04. The Balaban J connectivity index is 1.92. The number of nitrogens with one attached hydrogen (secondary N) is 1. The van der Waals surface area contributed by atoms with E-state index in [9.17, 15) is 18.0 Å². The van der Waals surface area contributed by atoms with Crippen molar-refractivity contribution in [2.75, 3.05) is 13.4 Å². The van der Waals surface area contributed by atoms with Crippen molar-refractivity contribution in [3.8, 4) is 16.9 Å². The Morgan fingerprint density at radius 3 is 2.42 bits per heavy atom. The zero-order chi connectivity index (χ0) is 22.8. The number of nitrogens with zero attached hydrogens (tertiary/aromatic N) is 2. The third-order valence-corrected chi connectivity index (χ3v) is 7.50. The summed E-state index contributed by atoms with van der Waals surface area (Å²) in [6.07, 6.45) is 2.02. The summed E-state index contributed by atoms with van der Waals surface area (Å²) in [5.74, 6) is -0.317. The van der Waals surface area contributed by atoms with Crippen LogP contribution >= 0.6 is 0 Å². The molecule has 1 atom stereocenters. The molecule has 0 unspecified atom stereocenters. The van der Waals surface area contributed by atoms with Gasteiger partial charge in [-0.2, -0.15) is 0 Å². The fraction of sp³-hybridized carbons (Fsp3) is 0.286. The number of aryl methyl sites for hydroxylation is 1. The van der Waals surface area contributed by atoms with Gasteiger partial charge < -0.3 is 4.74 Å². The summed E-state index contributed by atoms with van der Waals surface area (Å²) in [7, 11) is -2.27. The number of aromatic nitrogens is 2. The molecule has 0 saturated carbocycles. The number of hydroxylamine groups is 1. The molecule has 9 nitrogen and oxygen atoms in total. The van der Waals surface area contributed by atoms with Gasteiger partial charge in [0, 0.05) is 12.8 Å². The number of fused-ring (bicyclic) bond motifs is 1. The maximum absolute atomic E-state index is 12.9. The van der Waals surface area contributed by atoms with E-state index in [1.165, 1.54) is 23.3 Å². The number of rotatable bonds is 7. The standard InChI is InChI=1S/C21H23N3O6S/c1-21(20(26)23-27,31(3,28)29)10-11-24-13-22-18-12-15(6-9-17(18)19(24)25)14-4-7-16(30-2)8-5-14/h4-9,12-13,27H,10-11H2,1-3H3,(H,23,26)/t21-/m0/s1. The molecule has 0 aliphatic rings. The van der Waals surface area contributed by atoms with Gasteiger partial charge in [-0.15, -0.1) is 0 Å². The summed E-state index contributed by atoms with van der Waals surface area (Å²) in [4.78, 5) is 29.2. The molecule has 164 valence electrons. The van der Waals surface area contributed by atoms with E-state index in [4.69, 9.17) is 9.94 Å². The van der Waals surface area contributed by atoms with Crippen molar-refractivity contribution in [1.29, 1.82) is 0 Å². The first-order valence-corrected chi connectivity index (χ1v) is 11.3. The van der Waals surface area contributed by atoms with E-state index in [-0.39, 0.29) is 18.5 Å². The van der Waals surface area contributed by atoms with E-state index < -0.39 is 20.5 Å². The highest BCUT2D eigenvalue weighted by Crippen LogP contribution is 2.25. The van der Waals surface area contributed by atoms with Crippen LogP contribution < -0.4 is 15.8 Å². The minimum absolute atomic E-state index is 0.0704. The zero-order valence-electron chi connectivity index (χ0n) is 17.3. The van der Waals surface area contributed by atoms with E-state index >= 15 is 0 Å². The molecule has 0 saturated heterocycles. The number of hydrogen-bond acceptors (Lipinski definition) is 7. The maximum atomic E-state index is 12.9. The predicted molar refractivity (Wildman–Crippen MR) is 116 cm³/mol. The molecule has 3 rings (SSSR count). The van der Waals surface area contributed by atoms with Gasteiger partial charge in [0.2, 0.25) is 0 Å². The number of methoxy groups -OCH3 is 1. The molecule has 1 aromatic heterocycles. The van der Waals surface area contributed by atoms with Gasteiger partial charge in [-0.3, -0.25) is 19.4 Å². The van der Waals surface area contributed by atoms with Crippen LogP contribution in [-0.2, 0) is 21.2 Å². The lowest BCUT2D eigenvalue weighted by molar-refractivity contribution is -0.131. The average Bonchev–Trinajstić information content (AvgIpc) is 2.76. The van der Waals surface area contributed by atoms with Crippen LogP contribution in [0.1, 0.15) is 13.3 Å². The molecule has 0 bridgehead atoms. The molecule has 31 heavy (non-hydrogen) atoms. The molecule has 3 aromatic rings. The van der Waals surface area contributed by atoms with Gasteiger partial charge in [0.15, 0.2) is 14.6 Å². The first-order valence-electron chi connectivity index (χ1n) is 9.38. The molecular weight excluding hydrogens is 422 g/mol. The van der Waals surface area contributed by atoms with E-state index in [0.717, 1.165) is 23.1 Å². The first-order chi connectivity index (χ1) is 14.6. The van der Waals surface area contributed by atoms with Crippen molar-refractivity contribution in [3.05, 3.63) is 59.1 Å². The second-order valence-corrected chi connectivity index (χ2v) is 9.84. The molecule has 0 radical (unpaired) electrons. The molecule has 2 aromatic carbocycles. The zero-order valence-corrected chi connectivity index (χ0v) is 18.1. The lowest BCUT2D eigenvalue weighted by Gasteiger charge is -2.25. The highest BCUT2D eigenvalue weighted by atomic mass is 32.2. The van der Waals surface area contributed by atoms with Gasteiger partial charge in [-0.05, 0) is 48.7 Å². The number of sulfone groups is 1. The average molecular weight is 445 g/mol. The third kappa shape index (κ3) is 4.30. The first kappa shape index (κ1) is 22.4. The quantitative estimate of drug-likeness (QED) is 0.419. The molecule has 1 heterocycles. The summed E-state index contributed by atoms with van der Waals surface area (Å²) >= 11 is 0. The molecule has 0 aliphatic carbocycles. The Morgan fingerprint density at radius 2 is 1.84 bits per heavy atom. The van der Waals surface area contributed by atoms with E-state index in [0.29, 0.717) is 10.9 Å². The molecule has 0 aliphatic heterocycles. The van der Waals surface area contributed by atoms with Crippen LogP contribution in [0.5, 0.6) is 5.75 Å². The predicted octanol–water partition coefficient (Wildman–Crippen LogP) is 1.77. The van der Waals surface area contributed by atoms with Crippen molar-refractivity contribution in [1.82, 2.24) is 15.0 Å². The molecule has 2 N–H and O–H groups in total. The van der Waals surface area contributed by atoms with Gasteiger partial charge >= 0.3 is 0 Å². The van der Waals surface area contributed by atoms with Crippen LogP contribution in [0.15, 0.2) is 53.6 Å². The topological polar surface area (TPSA) is 128 Å². The summed E-state index contributed by atoms with van der Waals surface area (Å²) in [6, 6.07) is 12.7. The van der Waals surface area contributed by atoms with Crippen LogP contribution in [0.3, 0.4) is 0 Å². The Hall–Kier alpha value is -3.24. The van der Waals surface area contributed by atoms with Gasteiger partial charge in [0.25, 0.3) is 11.5 Å². The number of carbonyl (C=O) groups is 1. The lowest BCUT2D eigenvalue weighted by atomic mass is 10.0. The Kier molecular flexibility index (Phi) is 6.14. The maximum Gasteiger partial charge on any atom is 0.264 e. The van der Waals surface area contributed by atoms with Crippen LogP contribution in [0.4, 0.5) is 0 Å². The lowest BCUT2D eigenvalue weighted by Crippen LogP contribution is -2.50. The largest absolute Gasteiger partial charge is 0.497 e. The molecule has 0 fully saturated rings. The Labute approximate surface area is 179 Å². The van der Waals surface area contributed by atoms with Crippen LogP contribution in [0, 0.1) is 0 Å². The second kappa shape index (κ2) is 8.48. The Morgan fingerprint density at radius 1 is 1.19 bits per heavy atom. The highest BCUT2D eigenvalue weighted by molar-refractivity contribution is 7.92. The SMILES string of the molecule is COc1ccc(-c2ccc3c(=O)n(CC[C@@](C)(C(=O)NO)S(C)(=O)=O)cnc3c2)cc1. The smallest absolute Gasteiger partial charge is 0.264 e. The molecular formula is C21H23N3O6S. The van der Waals surface area contributed by atoms with Crippen molar-refractivity contribution in [2.45, 2.75) is 24.6 Å².